The first-order valence-electron chi connectivity index (χ1n) is 30.1. The Bertz CT molecular complexity index is 4360. The number of aromatic nitrogens is 2. The number of benzene rings is 9. The Hall–Kier alpha value is -7.98. The van der Waals surface area contributed by atoms with E-state index in [1.165, 1.54) is 27.8 Å². The standard InChI is InChI=1S/C77H73N4O.Pt/c1-50-24-21-27-52(40-50)65-48-78-72(47-67(65)77(11,12)13)81-68-33-18-17-32-61(68)62-39-37-59(46-71(62)81)82-58-31-23-30-57(45-58)79-49-80(70-35-20-19-34-69(70)79)73-63(53-28-22-29-55(41-53)74(2,3)4)43-56(75(5,6)7)44-64(73)54-36-38-60(51-25-15-14-16-26-51)66(42-54)76(8,9)10;/h14-44,47-49H,1-13H3;/q-3;/i1D3;. The zero-order valence-electron chi connectivity index (χ0n) is 52.6. The summed E-state index contributed by atoms with van der Waals surface area (Å²) in [4.78, 5) is 9.74. The van der Waals surface area contributed by atoms with Gasteiger partial charge in [0, 0.05) is 82.1 Å². The maximum Gasteiger partial charge on any atom is 0.135 e. The molecule has 3 heterocycles. The van der Waals surface area contributed by atoms with E-state index in [4.69, 9.17) is 13.8 Å². The Kier molecular flexibility index (Phi) is 13.8. The number of rotatable bonds is 9. The van der Waals surface area contributed by atoms with Crippen LogP contribution in [-0.2, 0) is 42.7 Å². The molecule has 0 radical (unpaired) electrons. The fraction of sp³-hybridized carbons (Fsp3) is 0.221. The van der Waals surface area contributed by atoms with Gasteiger partial charge in [0.05, 0.1) is 0 Å². The van der Waals surface area contributed by atoms with Gasteiger partial charge < -0.3 is 19.1 Å². The summed E-state index contributed by atoms with van der Waals surface area (Å²) in [7, 11) is 0. The largest absolute Gasteiger partial charge is 0.509 e. The van der Waals surface area contributed by atoms with Crippen molar-refractivity contribution in [3.05, 3.63) is 247 Å². The minimum atomic E-state index is -2.23. The molecule has 0 saturated heterocycles. The van der Waals surface area contributed by atoms with Crippen molar-refractivity contribution in [2.45, 2.75) is 112 Å². The SMILES string of the molecule is [2H]C([2H])([2H])c1cccc(-c2cnc(-n3c4[c-]c(Oc5[c-]c(N6[CH-]N(c7c(-c8cccc(C(C)(C)C)c8)cc(C(C)(C)C)cc7-c7ccc(-c8ccccc8)c(C(C)(C)C)c7)c7ccccc76)ccc5)ccc4c4ccccc43)cc2C(C)(C)C)c1.[Pt]. The summed E-state index contributed by atoms with van der Waals surface area (Å²) in [6.07, 6.45) is 1.88. The van der Waals surface area contributed by atoms with Crippen molar-refractivity contribution < 1.29 is 29.9 Å². The molecule has 12 rings (SSSR count). The Morgan fingerprint density at radius 2 is 1.06 bits per heavy atom. The molecule has 0 amide bonds. The van der Waals surface area contributed by atoms with Crippen molar-refractivity contribution >= 4 is 44.6 Å². The minimum absolute atomic E-state index is 0. The second-order valence-corrected chi connectivity index (χ2v) is 26.1. The molecule has 6 heteroatoms. The molecule has 1 aliphatic heterocycles. The van der Waals surface area contributed by atoms with E-state index in [1.807, 2.05) is 42.6 Å². The van der Waals surface area contributed by atoms with E-state index in [0.29, 0.717) is 17.1 Å². The molecule has 0 spiro atoms. The van der Waals surface area contributed by atoms with Crippen molar-refractivity contribution in [2.24, 2.45) is 0 Å². The van der Waals surface area contributed by atoms with Gasteiger partial charge in [-0.2, -0.15) is 12.1 Å². The molecule has 0 N–H and O–H groups in total. The van der Waals surface area contributed by atoms with Gasteiger partial charge in [0.15, 0.2) is 0 Å². The van der Waals surface area contributed by atoms with E-state index in [-0.39, 0.29) is 42.7 Å². The van der Waals surface area contributed by atoms with Gasteiger partial charge in [0.25, 0.3) is 0 Å². The number of fused-ring (bicyclic) bond motifs is 4. The van der Waals surface area contributed by atoms with Crippen LogP contribution >= 0.6 is 0 Å². The number of aryl methyl sites for hydroxylation is 1. The van der Waals surface area contributed by atoms with Crippen LogP contribution in [0.15, 0.2) is 200 Å². The van der Waals surface area contributed by atoms with Crippen LogP contribution < -0.4 is 14.5 Å². The van der Waals surface area contributed by atoms with Gasteiger partial charge in [-0.05, 0) is 126 Å². The molecular formula is C77H73N4OPt-3. The molecule has 0 saturated carbocycles. The Morgan fingerprint density at radius 3 is 1.76 bits per heavy atom. The second kappa shape index (κ2) is 21.6. The zero-order chi connectivity index (χ0) is 60.0. The molecule has 0 bridgehead atoms. The molecule has 0 atom stereocenters. The van der Waals surface area contributed by atoms with E-state index >= 15 is 0 Å². The summed E-state index contributed by atoms with van der Waals surface area (Å²) in [6.45, 7) is 27.3. The van der Waals surface area contributed by atoms with Gasteiger partial charge in [-0.15, -0.1) is 48.1 Å². The molecule has 0 aliphatic carbocycles. The average Bonchev–Trinajstić information content (AvgIpc) is 1.53. The second-order valence-electron chi connectivity index (χ2n) is 26.1. The molecule has 0 fully saturated rings. The normalized spacial score (nSPS) is 13.6. The van der Waals surface area contributed by atoms with Crippen molar-refractivity contribution in [3.8, 4) is 61.8 Å². The maximum atomic E-state index is 8.13. The first kappa shape index (κ1) is 53.1. The monoisotopic (exact) mass is 1270 g/mol. The van der Waals surface area contributed by atoms with Crippen LogP contribution in [0, 0.1) is 25.7 Å². The van der Waals surface area contributed by atoms with Gasteiger partial charge in [0.1, 0.15) is 5.82 Å². The van der Waals surface area contributed by atoms with Crippen LogP contribution in [0.4, 0.5) is 22.7 Å². The number of para-hydroxylation sites is 3. The molecule has 1 aliphatic rings. The van der Waals surface area contributed by atoms with Crippen LogP contribution in [0.5, 0.6) is 11.5 Å². The van der Waals surface area contributed by atoms with E-state index in [2.05, 4.69) is 262 Å². The predicted octanol–water partition coefficient (Wildman–Crippen LogP) is 21.1. The van der Waals surface area contributed by atoms with Gasteiger partial charge in [-0.25, -0.2) is 4.98 Å². The first-order valence-corrected chi connectivity index (χ1v) is 28.6. The van der Waals surface area contributed by atoms with Gasteiger partial charge >= 0.3 is 0 Å². The van der Waals surface area contributed by atoms with Crippen molar-refractivity contribution in [1.29, 1.82) is 0 Å². The molecule has 0 unspecified atom stereocenters. The third kappa shape index (κ3) is 11.0. The summed E-state index contributed by atoms with van der Waals surface area (Å²) in [6, 6.07) is 75.6. The van der Waals surface area contributed by atoms with Crippen LogP contribution in [-0.4, -0.2) is 9.55 Å². The molecule has 83 heavy (non-hydrogen) atoms. The summed E-state index contributed by atoms with van der Waals surface area (Å²) in [5.41, 5.74) is 19.0. The van der Waals surface area contributed by atoms with Gasteiger partial charge in [-0.3, -0.25) is 0 Å². The third-order valence-corrected chi connectivity index (χ3v) is 16.0. The predicted molar refractivity (Wildman–Crippen MR) is 346 cm³/mol. The van der Waals surface area contributed by atoms with Crippen LogP contribution in [0.1, 0.15) is 115 Å². The van der Waals surface area contributed by atoms with Crippen molar-refractivity contribution in [3.63, 3.8) is 0 Å². The molecule has 5 nitrogen and oxygen atoms in total. The van der Waals surface area contributed by atoms with E-state index < -0.39 is 6.85 Å². The number of hydrogen-bond acceptors (Lipinski definition) is 4. The molecule has 11 aromatic rings. The molecule has 9 aromatic carbocycles. The summed E-state index contributed by atoms with van der Waals surface area (Å²) in [5.74, 6) is 1.80. The average molecular weight is 1270 g/mol. The summed E-state index contributed by atoms with van der Waals surface area (Å²) < 4.78 is 33.4. The van der Waals surface area contributed by atoms with Crippen LogP contribution in [0.2, 0.25) is 0 Å². The summed E-state index contributed by atoms with van der Waals surface area (Å²) >= 11 is 0. The van der Waals surface area contributed by atoms with E-state index in [9.17, 15) is 0 Å². The quantitative estimate of drug-likeness (QED) is 0.135. The molecule has 420 valence electrons. The smallest absolute Gasteiger partial charge is 0.135 e. The number of anilines is 4. The third-order valence-electron chi connectivity index (χ3n) is 16.0. The molecule has 2 aromatic heterocycles. The maximum absolute atomic E-state index is 8.13. The number of hydrogen-bond donors (Lipinski definition) is 0. The van der Waals surface area contributed by atoms with E-state index in [1.54, 1.807) is 12.1 Å². The first-order chi connectivity index (χ1) is 40.3. The number of nitrogens with zero attached hydrogens (tertiary/aromatic N) is 4. The Labute approximate surface area is 511 Å². The Balaban J connectivity index is 0.00000768. The zero-order valence-corrected chi connectivity index (χ0v) is 51.9. The van der Waals surface area contributed by atoms with Crippen molar-refractivity contribution in [1.82, 2.24) is 9.55 Å². The topological polar surface area (TPSA) is 33.5 Å². The van der Waals surface area contributed by atoms with Crippen LogP contribution in [0.25, 0.3) is 72.1 Å². The number of ether oxygens (including phenoxy) is 1. The van der Waals surface area contributed by atoms with Gasteiger partial charge in [-0.1, -0.05) is 215 Å². The minimum Gasteiger partial charge on any atom is -0.509 e. The van der Waals surface area contributed by atoms with Crippen molar-refractivity contribution in [2.75, 3.05) is 9.80 Å². The number of pyridine rings is 1. The Morgan fingerprint density at radius 1 is 0.458 bits per heavy atom. The fourth-order valence-corrected chi connectivity index (χ4v) is 11.6. The molecular weight excluding hydrogens is 1190 g/mol. The van der Waals surface area contributed by atoms with Crippen LogP contribution in [0.3, 0.4) is 0 Å². The van der Waals surface area contributed by atoms with Gasteiger partial charge in [0.2, 0.25) is 0 Å². The van der Waals surface area contributed by atoms with E-state index in [0.717, 1.165) is 89.3 Å². The summed E-state index contributed by atoms with van der Waals surface area (Å²) in [5, 5.41) is 2.08. The fourth-order valence-electron chi connectivity index (χ4n) is 11.6.